The van der Waals surface area contributed by atoms with Crippen LogP contribution in [0.25, 0.3) is 0 Å². The highest BCUT2D eigenvalue weighted by atomic mass is 19.2. The largest absolute Gasteiger partial charge is 0.396 e. The van der Waals surface area contributed by atoms with Crippen LogP contribution in [0.15, 0.2) is 12.1 Å². The summed E-state index contributed by atoms with van der Waals surface area (Å²) in [6.07, 6.45) is 1.40. The summed E-state index contributed by atoms with van der Waals surface area (Å²) in [6.45, 7) is 4.25. The summed E-state index contributed by atoms with van der Waals surface area (Å²) in [4.78, 5) is 11.5. The molecule has 0 aliphatic carbocycles. The Morgan fingerprint density at radius 1 is 1.23 bits per heavy atom. The molecule has 0 aliphatic heterocycles. The second kappa shape index (κ2) is 7.88. The lowest BCUT2D eigenvalue weighted by Crippen LogP contribution is -2.39. The zero-order valence-corrected chi connectivity index (χ0v) is 12.5. The van der Waals surface area contributed by atoms with E-state index in [0.29, 0.717) is 13.0 Å². The number of halogens is 3. The molecule has 0 fully saturated rings. The number of carbonyl (C=O) groups excluding carboxylic acids is 1. The molecule has 0 spiro atoms. The normalized spacial score (nSPS) is 11.2. The van der Waals surface area contributed by atoms with Crippen LogP contribution in [0.4, 0.5) is 23.7 Å². The minimum Gasteiger partial charge on any atom is -0.396 e. The highest BCUT2D eigenvalue weighted by Gasteiger charge is 2.15. The van der Waals surface area contributed by atoms with Crippen molar-refractivity contribution in [3.63, 3.8) is 0 Å². The molecule has 124 valence electrons. The molecule has 1 aromatic rings. The molecule has 0 bridgehead atoms. The van der Waals surface area contributed by atoms with Gasteiger partial charge < -0.3 is 10.4 Å². The average molecular weight is 319 g/mol. The third kappa shape index (κ3) is 5.80. The van der Waals surface area contributed by atoms with Crippen LogP contribution in [-0.4, -0.2) is 24.3 Å². The summed E-state index contributed by atoms with van der Waals surface area (Å²) in [5.74, 6) is -4.27. The second-order valence-electron chi connectivity index (χ2n) is 5.69. The van der Waals surface area contributed by atoms with E-state index in [-0.39, 0.29) is 17.7 Å². The highest BCUT2D eigenvalue weighted by Crippen LogP contribution is 2.20. The maximum Gasteiger partial charge on any atom is 0.333 e. The maximum absolute atomic E-state index is 13.0. The van der Waals surface area contributed by atoms with E-state index < -0.39 is 23.5 Å². The second-order valence-corrected chi connectivity index (χ2v) is 5.69. The minimum absolute atomic E-state index is 0.0580. The SMILES string of the molecule is CC(C)(CO)CCCNC(=O)NNc1cc(F)c(F)c(F)c1. The van der Waals surface area contributed by atoms with E-state index in [1.165, 1.54) is 0 Å². The number of amides is 2. The number of aliphatic hydroxyl groups is 1. The van der Waals surface area contributed by atoms with Gasteiger partial charge in [0.05, 0.1) is 5.69 Å². The summed E-state index contributed by atoms with van der Waals surface area (Å²) >= 11 is 0. The Bertz CT molecular complexity index is 501. The summed E-state index contributed by atoms with van der Waals surface area (Å²) in [5.41, 5.74) is 4.13. The average Bonchev–Trinajstić information content (AvgIpc) is 2.47. The van der Waals surface area contributed by atoms with Gasteiger partial charge in [0, 0.05) is 25.3 Å². The molecule has 2 amide bonds. The quantitative estimate of drug-likeness (QED) is 0.354. The van der Waals surface area contributed by atoms with Crippen molar-refractivity contribution in [2.75, 3.05) is 18.6 Å². The first-order chi connectivity index (χ1) is 10.2. The standard InChI is InChI=1S/C14H20F3N3O2/c1-14(2,8-21)4-3-5-18-13(22)20-19-9-6-10(15)12(17)11(16)7-9/h6-7,19,21H,3-5,8H2,1-2H3,(H2,18,20,22). The molecular weight excluding hydrogens is 299 g/mol. The van der Waals surface area contributed by atoms with E-state index >= 15 is 0 Å². The van der Waals surface area contributed by atoms with Crippen molar-refractivity contribution in [2.45, 2.75) is 26.7 Å². The predicted octanol–water partition coefficient (Wildman–Crippen LogP) is 2.53. The molecule has 0 radical (unpaired) electrons. The third-order valence-corrected chi connectivity index (χ3v) is 3.05. The molecule has 0 aliphatic rings. The van der Waals surface area contributed by atoms with Crippen LogP contribution >= 0.6 is 0 Å². The fourth-order valence-corrected chi connectivity index (χ4v) is 1.65. The topological polar surface area (TPSA) is 73.4 Å². The molecule has 8 heteroatoms. The number of urea groups is 1. The number of aliphatic hydroxyl groups excluding tert-OH is 1. The van der Waals surface area contributed by atoms with Crippen LogP contribution in [0.3, 0.4) is 0 Å². The van der Waals surface area contributed by atoms with E-state index in [0.717, 1.165) is 18.6 Å². The van der Waals surface area contributed by atoms with Crippen LogP contribution in [-0.2, 0) is 0 Å². The molecule has 4 N–H and O–H groups in total. The number of carbonyl (C=O) groups is 1. The van der Waals surface area contributed by atoms with Crippen molar-refractivity contribution < 1.29 is 23.1 Å². The zero-order chi connectivity index (χ0) is 16.8. The van der Waals surface area contributed by atoms with E-state index in [9.17, 15) is 18.0 Å². The van der Waals surface area contributed by atoms with E-state index in [1.54, 1.807) is 0 Å². The van der Waals surface area contributed by atoms with Crippen LogP contribution in [0.5, 0.6) is 0 Å². The molecule has 0 heterocycles. The fourth-order valence-electron chi connectivity index (χ4n) is 1.65. The number of rotatable bonds is 7. The van der Waals surface area contributed by atoms with Gasteiger partial charge in [0.15, 0.2) is 17.5 Å². The zero-order valence-electron chi connectivity index (χ0n) is 12.5. The van der Waals surface area contributed by atoms with E-state index in [4.69, 9.17) is 5.11 Å². The number of benzene rings is 1. The van der Waals surface area contributed by atoms with Crippen LogP contribution < -0.4 is 16.2 Å². The fraction of sp³-hybridized carbons (Fsp3) is 0.500. The smallest absolute Gasteiger partial charge is 0.333 e. The molecule has 0 saturated carbocycles. The van der Waals surface area contributed by atoms with Gasteiger partial charge in [-0.05, 0) is 18.3 Å². The number of hydrazine groups is 1. The van der Waals surface area contributed by atoms with Crippen molar-refractivity contribution >= 4 is 11.7 Å². The van der Waals surface area contributed by atoms with E-state index in [1.807, 2.05) is 13.8 Å². The van der Waals surface area contributed by atoms with Crippen LogP contribution in [0.1, 0.15) is 26.7 Å². The van der Waals surface area contributed by atoms with Crippen LogP contribution in [0.2, 0.25) is 0 Å². The van der Waals surface area contributed by atoms with E-state index in [2.05, 4.69) is 16.2 Å². The van der Waals surface area contributed by atoms with Gasteiger partial charge in [-0.15, -0.1) is 0 Å². The molecule has 1 rings (SSSR count). The molecule has 0 aromatic heterocycles. The molecular formula is C14H20F3N3O2. The van der Waals surface area contributed by atoms with Crippen molar-refractivity contribution in [1.29, 1.82) is 0 Å². The first-order valence-corrected chi connectivity index (χ1v) is 6.80. The Morgan fingerprint density at radius 3 is 2.36 bits per heavy atom. The van der Waals surface area contributed by atoms with Crippen molar-refractivity contribution in [3.8, 4) is 0 Å². The van der Waals surface area contributed by atoms with Gasteiger partial charge in [0.2, 0.25) is 0 Å². The predicted molar refractivity (Wildman–Crippen MR) is 76.6 cm³/mol. The number of hydrogen-bond donors (Lipinski definition) is 4. The third-order valence-electron chi connectivity index (χ3n) is 3.05. The van der Waals surface area contributed by atoms with Gasteiger partial charge >= 0.3 is 6.03 Å². The Hall–Kier alpha value is -1.96. The molecule has 0 unspecified atom stereocenters. The lowest BCUT2D eigenvalue weighted by atomic mass is 9.89. The summed E-state index contributed by atoms with van der Waals surface area (Å²) in [7, 11) is 0. The molecule has 22 heavy (non-hydrogen) atoms. The van der Waals surface area contributed by atoms with Gasteiger partial charge in [0.1, 0.15) is 0 Å². The lowest BCUT2D eigenvalue weighted by Gasteiger charge is -2.21. The monoisotopic (exact) mass is 319 g/mol. The maximum atomic E-state index is 13.0. The number of nitrogens with one attached hydrogen (secondary N) is 3. The Morgan fingerprint density at radius 2 is 1.82 bits per heavy atom. The molecule has 5 nitrogen and oxygen atoms in total. The highest BCUT2D eigenvalue weighted by molar-refractivity contribution is 5.75. The van der Waals surface area contributed by atoms with Gasteiger partial charge in [-0.3, -0.25) is 10.9 Å². The molecule has 0 atom stereocenters. The Balaban J connectivity index is 2.32. The summed E-state index contributed by atoms with van der Waals surface area (Å²) in [5, 5.41) is 11.6. The molecule has 1 aromatic carbocycles. The Labute approximate surface area is 126 Å². The van der Waals surface area contributed by atoms with Crippen molar-refractivity contribution in [2.24, 2.45) is 5.41 Å². The van der Waals surface area contributed by atoms with Crippen molar-refractivity contribution in [1.82, 2.24) is 10.7 Å². The van der Waals surface area contributed by atoms with Gasteiger partial charge in [-0.2, -0.15) is 0 Å². The number of hydrogen-bond acceptors (Lipinski definition) is 3. The molecule has 0 saturated heterocycles. The van der Waals surface area contributed by atoms with Crippen LogP contribution in [0, 0.1) is 22.9 Å². The Kier molecular flexibility index (Phi) is 6.48. The van der Waals surface area contributed by atoms with Gasteiger partial charge in [-0.25, -0.2) is 18.0 Å². The number of anilines is 1. The van der Waals surface area contributed by atoms with Gasteiger partial charge in [-0.1, -0.05) is 13.8 Å². The lowest BCUT2D eigenvalue weighted by molar-refractivity contribution is 0.148. The minimum atomic E-state index is -1.57. The summed E-state index contributed by atoms with van der Waals surface area (Å²) in [6, 6.07) is 0.859. The first kappa shape index (κ1) is 18.1. The summed E-state index contributed by atoms with van der Waals surface area (Å²) < 4.78 is 38.7. The first-order valence-electron chi connectivity index (χ1n) is 6.80. The van der Waals surface area contributed by atoms with Crippen molar-refractivity contribution in [3.05, 3.63) is 29.6 Å². The van der Waals surface area contributed by atoms with Gasteiger partial charge in [0.25, 0.3) is 0 Å².